The molecule has 1 heterocycles. The quantitative estimate of drug-likeness (QED) is 0.701. The Labute approximate surface area is 155 Å². The van der Waals surface area contributed by atoms with Crippen molar-refractivity contribution in [2.45, 2.75) is 11.4 Å². The molecule has 7 nitrogen and oxygen atoms in total. The predicted octanol–water partition coefficient (Wildman–Crippen LogP) is 2.87. The highest BCUT2D eigenvalue weighted by Crippen LogP contribution is 2.25. The minimum atomic E-state index is -3.58. The van der Waals surface area contributed by atoms with Crippen LogP contribution in [0.25, 0.3) is 10.2 Å². The van der Waals surface area contributed by atoms with Gasteiger partial charge >= 0.3 is 6.03 Å². The third-order valence-electron chi connectivity index (χ3n) is 3.68. The SMILES string of the molecule is CN(C)S(=O)(=O)c1ccccc1CNC(=O)Nc1nc2ccccc2s1. The minimum Gasteiger partial charge on any atom is -0.334 e. The van der Waals surface area contributed by atoms with Gasteiger partial charge in [-0.3, -0.25) is 5.32 Å². The van der Waals surface area contributed by atoms with Crippen LogP contribution in [0, 0.1) is 0 Å². The van der Waals surface area contributed by atoms with Crippen molar-refractivity contribution < 1.29 is 13.2 Å². The maximum absolute atomic E-state index is 12.4. The average molecular weight is 390 g/mol. The first-order chi connectivity index (χ1) is 12.4. The molecule has 0 spiro atoms. The normalized spacial score (nSPS) is 11.7. The van der Waals surface area contributed by atoms with Gasteiger partial charge in [0.25, 0.3) is 0 Å². The van der Waals surface area contributed by atoms with Crippen molar-refractivity contribution in [1.29, 1.82) is 0 Å². The highest BCUT2D eigenvalue weighted by atomic mass is 32.2. The molecule has 3 aromatic rings. The van der Waals surface area contributed by atoms with E-state index < -0.39 is 16.1 Å². The molecule has 0 aliphatic heterocycles. The molecule has 2 amide bonds. The second-order valence-electron chi connectivity index (χ2n) is 5.69. The zero-order valence-corrected chi connectivity index (χ0v) is 15.9. The zero-order chi connectivity index (χ0) is 18.7. The summed E-state index contributed by atoms with van der Waals surface area (Å²) in [5.41, 5.74) is 1.33. The zero-order valence-electron chi connectivity index (χ0n) is 14.3. The van der Waals surface area contributed by atoms with E-state index in [9.17, 15) is 13.2 Å². The molecule has 0 saturated carbocycles. The van der Waals surface area contributed by atoms with E-state index in [0.717, 1.165) is 14.5 Å². The number of amides is 2. The van der Waals surface area contributed by atoms with Crippen LogP contribution in [0.3, 0.4) is 0 Å². The molecule has 26 heavy (non-hydrogen) atoms. The summed E-state index contributed by atoms with van der Waals surface area (Å²) in [6.07, 6.45) is 0. The summed E-state index contributed by atoms with van der Waals surface area (Å²) in [6, 6.07) is 13.7. The maximum Gasteiger partial charge on any atom is 0.321 e. The first kappa shape index (κ1) is 18.3. The van der Waals surface area contributed by atoms with Gasteiger partial charge in [0, 0.05) is 20.6 Å². The molecule has 0 atom stereocenters. The summed E-state index contributed by atoms with van der Waals surface area (Å²) in [5.74, 6) is 0. The lowest BCUT2D eigenvalue weighted by molar-refractivity contribution is 0.251. The Morgan fingerprint density at radius 2 is 1.81 bits per heavy atom. The van der Waals surface area contributed by atoms with E-state index >= 15 is 0 Å². The number of fused-ring (bicyclic) bond motifs is 1. The van der Waals surface area contributed by atoms with Crippen molar-refractivity contribution in [1.82, 2.24) is 14.6 Å². The Morgan fingerprint density at radius 3 is 2.54 bits per heavy atom. The number of para-hydroxylation sites is 1. The van der Waals surface area contributed by atoms with Crippen molar-refractivity contribution in [2.75, 3.05) is 19.4 Å². The molecule has 0 fully saturated rings. The molecule has 0 aliphatic carbocycles. The molecular formula is C17H18N4O3S2. The second kappa shape index (κ2) is 7.40. The number of aromatic nitrogens is 1. The molecule has 0 saturated heterocycles. The molecule has 1 aromatic heterocycles. The van der Waals surface area contributed by atoms with Gasteiger partial charge in [-0.25, -0.2) is 22.5 Å². The van der Waals surface area contributed by atoms with Crippen molar-refractivity contribution in [3.8, 4) is 0 Å². The number of urea groups is 1. The Kier molecular flexibility index (Phi) is 5.21. The van der Waals surface area contributed by atoms with Crippen molar-refractivity contribution in [3.05, 3.63) is 54.1 Å². The number of rotatable bonds is 5. The third kappa shape index (κ3) is 3.85. The van der Waals surface area contributed by atoms with E-state index in [-0.39, 0.29) is 11.4 Å². The van der Waals surface area contributed by atoms with Gasteiger partial charge in [0.2, 0.25) is 10.0 Å². The molecule has 0 unspecified atom stereocenters. The monoisotopic (exact) mass is 390 g/mol. The maximum atomic E-state index is 12.4. The lowest BCUT2D eigenvalue weighted by Crippen LogP contribution is -2.30. The van der Waals surface area contributed by atoms with Crippen molar-refractivity contribution >= 4 is 42.7 Å². The molecule has 0 aliphatic rings. The molecule has 3 rings (SSSR count). The first-order valence-corrected chi connectivity index (χ1v) is 10.0. The highest BCUT2D eigenvalue weighted by Gasteiger charge is 2.20. The van der Waals surface area contributed by atoms with Crippen molar-refractivity contribution in [2.24, 2.45) is 0 Å². The van der Waals surface area contributed by atoms with Gasteiger partial charge in [-0.2, -0.15) is 0 Å². The number of thiazole rings is 1. The summed E-state index contributed by atoms with van der Waals surface area (Å²) >= 11 is 1.37. The van der Waals surface area contributed by atoms with E-state index in [1.807, 2.05) is 24.3 Å². The standard InChI is InChI=1S/C17H18N4O3S2/c1-21(2)26(23,24)15-10-6-3-7-12(15)11-18-16(22)20-17-19-13-8-4-5-9-14(13)25-17/h3-10H,11H2,1-2H3,(H2,18,19,20,22). The van der Waals surface area contributed by atoms with E-state index in [1.54, 1.807) is 18.2 Å². The Hall–Kier alpha value is -2.49. The van der Waals surface area contributed by atoms with Gasteiger partial charge in [0.15, 0.2) is 5.13 Å². The summed E-state index contributed by atoms with van der Waals surface area (Å²) in [4.78, 5) is 16.6. The van der Waals surface area contributed by atoms with Gasteiger partial charge in [-0.1, -0.05) is 41.7 Å². The summed E-state index contributed by atoms with van der Waals surface area (Å²) in [6.45, 7) is 0.0833. The van der Waals surface area contributed by atoms with E-state index in [4.69, 9.17) is 0 Å². The van der Waals surface area contributed by atoms with E-state index in [1.165, 1.54) is 31.5 Å². The van der Waals surface area contributed by atoms with Crippen molar-refractivity contribution in [3.63, 3.8) is 0 Å². The van der Waals surface area contributed by atoms with Gasteiger partial charge in [0.05, 0.1) is 15.1 Å². The van der Waals surface area contributed by atoms with E-state index in [2.05, 4.69) is 15.6 Å². The fourth-order valence-electron chi connectivity index (χ4n) is 2.34. The van der Waals surface area contributed by atoms with Crippen LogP contribution < -0.4 is 10.6 Å². The van der Waals surface area contributed by atoms with Gasteiger partial charge in [-0.05, 0) is 23.8 Å². The molecule has 2 aromatic carbocycles. The van der Waals surface area contributed by atoms with Crippen LogP contribution in [0.5, 0.6) is 0 Å². The third-order valence-corrected chi connectivity index (χ3v) is 6.55. The second-order valence-corrected chi connectivity index (χ2v) is 8.84. The van der Waals surface area contributed by atoms with Crippen LogP contribution in [0.15, 0.2) is 53.4 Å². The largest absolute Gasteiger partial charge is 0.334 e. The topological polar surface area (TPSA) is 91.4 Å². The minimum absolute atomic E-state index is 0.0833. The predicted molar refractivity (Wildman–Crippen MR) is 103 cm³/mol. The number of benzene rings is 2. The highest BCUT2D eigenvalue weighted by molar-refractivity contribution is 7.89. The number of hydrogen-bond acceptors (Lipinski definition) is 5. The number of carbonyl (C=O) groups is 1. The molecule has 2 N–H and O–H groups in total. The number of sulfonamides is 1. The lowest BCUT2D eigenvalue weighted by Gasteiger charge is -2.15. The van der Waals surface area contributed by atoms with Crippen LogP contribution in [0.2, 0.25) is 0 Å². The molecular weight excluding hydrogens is 372 g/mol. The number of hydrogen-bond donors (Lipinski definition) is 2. The Morgan fingerprint density at radius 1 is 1.12 bits per heavy atom. The molecule has 0 radical (unpaired) electrons. The van der Waals surface area contributed by atoms with Gasteiger partial charge in [-0.15, -0.1) is 0 Å². The lowest BCUT2D eigenvalue weighted by atomic mass is 10.2. The molecule has 0 bridgehead atoms. The van der Waals surface area contributed by atoms with Crippen LogP contribution in [0.1, 0.15) is 5.56 Å². The summed E-state index contributed by atoms with van der Waals surface area (Å²) in [5, 5.41) is 5.84. The number of nitrogens with one attached hydrogen (secondary N) is 2. The first-order valence-electron chi connectivity index (χ1n) is 7.79. The fourth-order valence-corrected chi connectivity index (χ4v) is 4.32. The fraction of sp³-hybridized carbons (Fsp3) is 0.176. The molecule has 9 heteroatoms. The number of carbonyl (C=O) groups excluding carboxylic acids is 1. The molecule has 136 valence electrons. The van der Waals surface area contributed by atoms with Crippen LogP contribution in [-0.2, 0) is 16.6 Å². The smallest absolute Gasteiger partial charge is 0.321 e. The Balaban J connectivity index is 1.70. The van der Waals surface area contributed by atoms with Gasteiger partial charge < -0.3 is 5.32 Å². The van der Waals surface area contributed by atoms with Gasteiger partial charge in [0.1, 0.15) is 0 Å². The van der Waals surface area contributed by atoms with Crippen LogP contribution >= 0.6 is 11.3 Å². The average Bonchev–Trinajstić information content (AvgIpc) is 3.02. The van der Waals surface area contributed by atoms with E-state index in [0.29, 0.717) is 10.7 Å². The Bertz CT molecular complexity index is 1010. The van der Waals surface area contributed by atoms with Crippen LogP contribution in [0.4, 0.5) is 9.93 Å². The van der Waals surface area contributed by atoms with Crippen LogP contribution in [-0.4, -0.2) is 37.8 Å². The summed E-state index contributed by atoms with van der Waals surface area (Å²) < 4.78 is 26.9. The number of nitrogens with zero attached hydrogens (tertiary/aromatic N) is 2. The number of anilines is 1. The summed E-state index contributed by atoms with van der Waals surface area (Å²) in [7, 11) is -0.637.